The minimum Gasteiger partial charge on any atom is -0.0917 e. The third-order valence-corrected chi connectivity index (χ3v) is 1.68. The average molecular weight is 200 g/mol. The summed E-state index contributed by atoms with van der Waals surface area (Å²) in [5, 5.41) is 0. The van der Waals surface area contributed by atoms with Crippen LogP contribution in [-0.4, -0.2) is 0 Å². The van der Waals surface area contributed by atoms with Gasteiger partial charge in [0.05, 0.1) is 0 Å². The fourth-order valence-electron chi connectivity index (χ4n) is 0.912. The van der Waals surface area contributed by atoms with Crippen molar-refractivity contribution in [3.63, 3.8) is 0 Å². The monoisotopic (exact) mass is 200 g/mol. The molecule has 0 saturated carbocycles. The van der Waals surface area contributed by atoms with Crippen molar-refractivity contribution in [3.05, 3.63) is 12.2 Å². The van der Waals surface area contributed by atoms with Crippen molar-refractivity contribution in [1.29, 1.82) is 0 Å². The van der Waals surface area contributed by atoms with Crippen molar-refractivity contribution < 1.29 is 0 Å². The Balaban J connectivity index is -0.000000152. The molecule has 0 fully saturated rings. The minimum absolute atomic E-state index is 1.16. The zero-order valence-corrected chi connectivity index (χ0v) is 11.4. The Morgan fingerprint density at radius 1 is 0.786 bits per heavy atom. The van der Waals surface area contributed by atoms with Gasteiger partial charge in [0.2, 0.25) is 0 Å². The van der Waals surface area contributed by atoms with E-state index >= 15 is 0 Å². The second-order valence-electron chi connectivity index (χ2n) is 3.04. The molecule has 0 unspecified atom stereocenters. The lowest BCUT2D eigenvalue weighted by molar-refractivity contribution is 0.656. The summed E-state index contributed by atoms with van der Waals surface area (Å²) in [6.07, 6.45) is 12.4. The van der Waals surface area contributed by atoms with E-state index in [4.69, 9.17) is 0 Å². The van der Waals surface area contributed by atoms with E-state index < -0.39 is 0 Å². The Morgan fingerprint density at radius 3 is 1.36 bits per heavy atom. The van der Waals surface area contributed by atoms with Gasteiger partial charge in [0.25, 0.3) is 0 Å². The van der Waals surface area contributed by atoms with Gasteiger partial charge in [0.15, 0.2) is 0 Å². The molecule has 0 nitrogen and oxygen atoms in total. The first-order valence-corrected chi connectivity index (χ1v) is 6.44. The summed E-state index contributed by atoms with van der Waals surface area (Å²) < 4.78 is 0. The highest BCUT2D eigenvalue weighted by Gasteiger charge is 1.80. The van der Waals surface area contributed by atoms with E-state index in [-0.39, 0.29) is 0 Å². The molecule has 0 spiro atoms. The van der Waals surface area contributed by atoms with Crippen LogP contribution >= 0.6 is 0 Å². The van der Waals surface area contributed by atoms with Crippen LogP contribution in [0, 0.1) is 0 Å². The molecule has 0 aliphatic rings. The summed E-state index contributed by atoms with van der Waals surface area (Å²) in [6.45, 7) is 12.6. The highest BCUT2D eigenvalue weighted by Crippen LogP contribution is 2.00. The molecule has 0 rings (SSSR count). The smallest absolute Gasteiger partial charge is 0.0379 e. The Hall–Kier alpha value is -0.260. The van der Waals surface area contributed by atoms with Crippen molar-refractivity contribution in [1.82, 2.24) is 0 Å². The number of hydrogen-bond donors (Lipinski definition) is 0. The molecular weight excluding hydrogens is 168 g/mol. The van der Waals surface area contributed by atoms with Gasteiger partial charge in [0.1, 0.15) is 0 Å². The van der Waals surface area contributed by atoms with Gasteiger partial charge in [-0.3, -0.25) is 0 Å². The molecule has 0 aromatic carbocycles. The van der Waals surface area contributed by atoms with Crippen molar-refractivity contribution in [2.24, 2.45) is 0 Å². The van der Waals surface area contributed by atoms with Gasteiger partial charge in [-0.15, -0.1) is 0 Å². The molecule has 0 aromatic heterocycles. The molecule has 0 amide bonds. The fourth-order valence-corrected chi connectivity index (χ4v) is 0.912. The molecule has 0 N–H and O–H groups in total. The maximum atomic E-state index is 2.25. The third-order valence-electron chi connectivity index (χ3n) is 1.68. The molecule has 14 heavy (non-hydrogen) atoms. The molecule has 0 bridgehead atoms. The van der Waals surface area contributed by atoms with Crippen LogP contribution < -0.4 is 0 Å². The Labute approximate surface area is 92.8 Å². The first-order chi connectivity index (χ1) is 6.83. The van der Waals surface area contributed by atoms with Crippen LogP contribution in [-0.2, 0) is 0 Å². The molecule has 0 aliphatic carbocycles. The van der Waals surface area contributed by atoms with E-state index in [2.05, 4.69) is 32.9 Å². The lowest BCUT2D eigenvalue weighted by Gasteiger charge is -1.90. The normalized spacial score (nSPS) is 8.71. The third kappa shape index (κ3) is 41.1. The van der Waals surface area contributed by atoms with E-state index in [9.17, 15) is 0 Å². The second kappa shape index (κ2) is 29.3. The van der Waals surface area contributed by atoms with Crippen LogP contribution in [0.3, 0.4) is 0 Å². The highest BCUT2D eigenvalue weighted by molar-refractivity contribution is 4.73. The largest absolute Gasteiger partial charge is 0.0917 e. The lowest BCUT2D eigenvalue weighted by atomic mass is 10.2. The quantitative estimate of drug-likeness (QED) is 0.378. The number of allylic oxidation sites excluding steroid dienone is 2. The van der Waals surface area contributed by atoms with Crippen LogP contribution in [0.1, 0.15) is 80.1 Å². The summed E-state index contributed by atoms with van der Waals surface area (Å²) in [6, 6.07) is 0. The van der Waals surface area contributed by atoms with Crippen molar-refractivity contribution in [3.8, 4) is 0 Å². The summed E-state index contributed by atoms with van der Waals surface area (Å²) >= 11 is 0. The van der Waals surface area contributed by atoms with Gasteiger partial charge < -0.3 is 0 Å². The average Bonchev–Trinajstić information content (AvgIpc) is 2.24. The number of rotatable bonds is 5. The second-order valence-corrected chi connectivity index (χ2v) is 3.04. The van der Waals surface area contributed by atoms with Crippen molar-refractivity contribution in [2.75, 3.05) is 0 Å². The summed E-state index contributed by atoms with van der Waals surface area (Å²) in [5.41, 5.74) is 0. The maximum Gasteiger partial charge on any atom is -0.0379 e. The zero-order valence-electron chi connectivity index (χ0n) is 11.4. The molecule has 0 radical (unpaired) electrons. The number of unbranched alkanes of at least 4 members (excludes halogenated alkanes) is 4. The van der Waals surface area contributed by atoms with Gasteiger partial charge in [-0.25, -0.2) is 0 Å². The van der Waals surface area contributed by atoms with Gasteiger partial charge in [-0.05, 0) is 13.3 Å². The zero-order chi connectivity index (χ0) is 11.7. The summed E-state index contributed by atoms with van der Waals surface area (Å²) in [4.78, 5) is 0. The Morgan fingerprint density at radius 2 is 1.21 bits per heavy atom. The van der Waals surface area contributed by atoms with E-state index in [1.165, 1.54) is 32.1 Å². The number of hydrogen-bond acceptors (Lipinski definition) is 0. The maximum absolute atomic E-state index is 2.25. The highest BCUT2D eigenvalue weighted by atomic mass is 13.9. The van der Waals surface area contributed by atoms with Crippen LogP contribution in [0.15, 0.2) is 12.2 Å². The standard InChI is InChI=1S/C7H16.C5H10.C2H6/c1-3-5-7-6-4-2;1-3-5-4-2;1-2/h3-7H2,1-2H3;3,5H,4H2,1-2H3;1-2H3/b;5-3+;. The van der Waals surface area contributed by atoms with Crippen LogP contribution in [0.25, 0.3) is 0 Å². The molecule has 0 saturated heterocycles. The van der Waals surface area contributed by atoms with E-state index in [1.54, 1.807) is 0 Å². The van der Waals surface area contributed by atoms with Crippen LogP contribution in [0.2, 0.25) is 0 Å². The van der Waals surface area contributed by atoms with E-state index in [0.717, 1.165) is 6.42 Å². The van der Waals surface area contributed by atoms with Crippen molar-refractivity contribution >= 4 is 0 Å². The van der Waals surface area contributed by atoms with E-state index in [0.29, 0.717) is 0 Å². The Kier molecular flexibility index (Phi) is 40.5. The van der Waals surface area contributed by atoms with Gasteiger partial charge >= 0.3 is 0 Å². The first-order valence-electron chi connectivity index (χ1n) is 6.44. The SMILES string of the molecule is C/C=C/CC.CC.CCCCCCC. The molecule has 0 heterocycles. The van der Waals surface area contributed by atoms with E-state index in [1.807, 2.05) is 20.8 Å². The van der Waals surface area contributed by atoms with Gasteiger partial charge in [-0.2, -0.15) is 0 Å². The van der Waals surface area contributed by atoms with Crippen LogP contribution in [0.5, 0.6) is 0 Å². The van der Waals surface area contributed by atoms with Crippen LogP contribution in [0.4, 0.5) is 0 Å². The lowest BCUT2D eigenvalue weighted by Crippen LogP contribution is -1.70. The fraction of sp³-hybridized carbons (Fsp3) is 0.857. The predicted octanol–water partition coefficient (Wildman–Crippen LogP) is 5.98. The molecular formula is C14H32. The molecule has 88 valence electrons. The van der Waals surface area contributed by atoms with Crippen molar-refractivity contribution in [2.45, 2.75) is 80.1 Å². The predicted molar refractivity (Wildman–Crippen MR) is 70.9 cm³/mol. The van der Waals surface area contributed by atoms with Gasteiger partial charge in [0, 0.05) is 0 Å². The topological polar surface area (TPSA) is 0 Å². The Bertz CT molecular complexity index is 68.1. The molecule has 0 atom stereocenters. The minimum atomic E-state index is 1.16. The first kappa shape index (κ1) is 19.3. The summed E-state index contributed by atoms with van der Waals surface area (Å²) in [7, 11) is 0. The van der Waals surface area contributed by atoms with Gasteiger partial charge in [-0.1, -0.05) is 78.9 Å². The molecule has 0 aliphatic heterocycles. The summed E-state index contributed by atoms with van der Waals surface area (Å²) in [5.74, 6) is 0. The molecule has 0 heteroatoms. The molecule has 0 aromatic rings.